The van der Waals surface area contributed by atoms with Gasteiger partial charge < -0.3 is 20.9 Å². The Morgan fingerprint density at radius 1 is 1.57 bits per heavy atom. The van der Waals surface area contributed by atoms with Crippen LogP contribution in [0.1, 0.15) is 0 Å². The van der Waals surface area contributed by atoms with E-state index >= 15 is 0 Å². The molecule has 0 aliphatic carbocycles. The summed E-state index contributed by atoms with van der Waals surface area (Å²) in [4.78, 5) is 10.4. The molecule has 0 bridgehead atoms. The number of nitrogen functional groups attached to an aromatic ring is 1. The lowest BCUT2D eigenvalue weighted by molar-refractivity contribution is 0.191. The van der Waals surface area contributed by atoms with E-state index in [-0.39, 0.29) is 13.2 Å². The van der Waals surface area contributed by atoms with Crippen LogP contribution in [0.2, 0.25) is 5.02 Å². The maximum absolute atomic E-state index is 10.4. The van der Waals surface area contributed by atoms with Gasteiger partial charge in [0.15, 0.2) is 0 Å². The highest BCUT2D eigenvalue weighted by Crippen LogP contribution is 2.35. The molecule has 0 spiro atoms. The lowest BCUT2D eigenvalue weighted by Crippen LogP contribution is -2.26. The number of benzene rings is 1. The summed E-state index contributed by atoms with van der Waals surface area (Å²) in [5.41, 5.74) is 7.77. The number of halogens is 1. The van der Waals surface area contributed by atoms with E-state index in [4.69, 9.17) is 27.2 Å². The molecule has 4 N–H and O–H groups in total. The van der Waals surface area contributed by atoms with Crippen molar-refractivity contribution in [1.82, 2.24) is 15.1 Å². The first-order valence-electron chi connectivity index (χ1n) is 6.16. The van der Waals surface area contributed by atoms with Crippen molar-refractivity contribution in [1.29, 1.82) is 0 Å². The molecule has 1 aromatic heterocycles. The first kappa shape index (κ1) is 15.0. The molecule has 0 radical (unpaired) electrons. The van der Waals surface area contributed by atoms with Crippen molar-refractivity contribution in [2.45, 2.75) is 0 Å². The van der Waals surface area contributed by atoms with Crippen LogP contribution in [-0.4, -0.2) is 34.1 Å². The second-order valence-corrected chi connectivity index (χ2v) is 4.71. The number of aromatic nitrogens is 2. The molecule has 2 rings (SSSR count). The summed E-state index contributed by atoms with van der Waals surface area (Å²) in [6.07, 6.45) is 0.446. The second kappa shape index (κ2) is 6.36. The van der Waals surface area contributed by atoms with Gasteiger partial charge in [-0.05, 0) is 18.2 Å². The van der Waals surface area contributed by atoms with Gasteiger partial charge in [-0.15, -0.1) is 0 Å². The van der Waals surface area contributed by atoms with Crippen LogP contribution in [-0.2, 0) is 7.05 Å². The fraction of sp³-hybridized carbons (Fsp3) is 0.231. The Bertz CT molecular complexity index is 637. The number of hydrogen-bond donors (Lipinski definition) is 3. The minimum atomic E-state index is -1.09. The van der Waals surface area contributed by atoms with E-state index in [1.165, 1.54) is 6.20 Å². The highest BCUT2D eigenvalue weighted by Gasteiger charge is 2.15. The molecule has 2 aromatic rings. The van der Waals surface area contributed by atoms with Gasteiger partial charge in [0.2, 0.25) is 0 Å². The Hall–Kier alpha value is -2.41. The highest BCUT2D eigenvalue weighted by molar-refractivity contribution is 6.33. The van der Waals surface area contributed by atoms with Crippen LogP contribution in [0.25, 0.3) is 11.3 Å². The number of nitrogens with two attached hydrogens (primary N) is 1. The zero-order valence-electron chi connectivity index (χ0n) is 11.3. The summed E-state index contributed by atoms with van der Waals surface area (Å²) in [5, 5.41) is 15.3. The predicted octanol–water partition coefficient (Wildman–Crippen LogP) is 1.97. The molecule has 0 saturated heterocycles. The number of carbonyl (C=O) groups is 1. The quantitative estimate of drug-likeness (QED) is 0.579. The average Bonchev–Trinajstić information content (AvgIpc) is 2.75. The first-order valence-corrected chi connectivity index (χ1v) is 6.54. The predicted molar refractivity (Wildman–Crippen MR) is 79.6 cm³/mol. The van der Waals surface area contributed by atoms with Gasteiger partial charge in [0.25, 0.3) is 0 Å². The molecule has 8 heteroatoms. The zero-order chi connectivity index (χ0) is 15.4. The Balaban J connectivity index is 2.24. The van der Waals surface area contributed by atoms with Crippen LogP contribution in [0, 0.1) is 0 Å². The number of rotatable bonds is 5. The number of ether oxygens (including phenoxy) is 1. The zero-order valence-corrected chi connectivity index (χ0v) is 12.1. The summed E-state index contributed by atoms with van der Waals surface area (Å²) in [6, 6.07) is 5.16. The number of amides is 1. The third-order valence-electron chi connectivity index (χ3n) is 2.79. The molecule has 0 aliphatic rings. The topological polar surface area (TPSA) is 102 Å². The van der Waals surface area contributed by atoms with Crippen molar-refractivity contribution in [2.75, 3.05) is 18.9 Å². The Morgan fingerprint density at radius 3 is 2.95 bits per heavy atom. The van der Waals surface area contributed by atoms with E-state index in [0.29, 0.717) is 27.7 Å². The van der Waals surface area contributed by atoms with Gasteiger partial charge in [-0.3, -0.25) is 4.68 Å². The first-order chi connectivity index (χ1) is 9.99. The standard InChI is InChI=1S/C13H15ClN4O3/c1-18-12(10(14)7-17-18)9-6-8(15)2-3-11(9)21-5-4-16-13(19)20/h2-3,6-7,16H,4-5,15H2,1H3,(H,19,20). The number of hydrogen-bond acceptors (Lipinski definition) is 4. The molecule has 0 aliphatic heterocycles. The summed E-state index contributed by atoms with van der Waals surface area (Å²) in [7, 11) is 1.76. The molecule has 21 heavy (non-hydrogen) atoms. The van der Waals surface area contributed by atoms with Crippen molar-refractivity contribution < 1.29 is 14.6 Å². The Kier molecular flexibility index (Phi) is 4.54. The van der Waals surface area contributed by atoms with E-state index in [1.54, 1.807) is 29.9 Å². The largest absolute Gasteiger partial charge is 0.491 e. The van der Waals surface area contributed by atoms with Crippen LogP contribution in [0.3, 0.4) is 0 Å². The molecule has 1 amide bonds. The normalized spacial score (nSPS) is 10.4. The van der Waals surface area contributed by atoms with E-state index in [9.17, 15) is 4.79 Å². The van der Waals surface area contributed by atoms with Gasteiger partial charge in [0, 0.05) is 18.3 Å². The summed E-state index contributed by atoms with van der Waals surface area (Å²) >= 11 is 6.14. The Labute approximate surface area is 126 Å². The summed E-state index contributed by atoms with van der Waals surface area (Å²) in [6.45, 7) is 0.372. The lowest BCUT2D eigenvalue weighted by atomic mass is 10.1. The third-order valence-corrected chi connectivity index (χ3v) is 3.07. The van der Waals surface area contributed by atoms with Gasteiger partial charge in [-0.1, -0.05) is 11.6 Å². The molecule has 7 nitrogen and oxygen atoms in total. The smallest absolute Gasteiger partial charge is 0.404 e. The molecule has 1 aromatic carbocycles. The Morgan fingerprint density at radius 2 is 2.33 bits per heavy atom. The molecule has 0 saturated carbocycles. The van der Waals surface area contributed by atoms with Crippen LogP contribution < -0.4 is 15.8 Å². The number of anilines is 1. The van der Waals surface area contributed by atoms with Gasteiger partial charge in [0.05, 0.1) is 23.5 Å². The van der Waals surface area contributed by atoms with Gasteiger partial charge in [0.1, 0.15) is 12.4 Å². The molecule has 112 valence electrons. The molecule has 1 heterocycles. The fourth-order valence-electron chi connectivity index (χ4n) is 1.89. The third kappa shape index (κ3) is 3.57. The SMILES string of the molecule is Cn1ncc(Cl)c1-c1cc(N)ccc1OCCNC(=O)O. The second-order valence-electron chi connectivity index (χ2n) is 4.30. The lowest BCUT2D eigenvalue weighted by Gasteiger charge is -2.13. The minimum Gasteiger partial charge on any atom is -0.491 e. The molecule has 0 fully saturated rings. The van der Waals surface area contributed by atoms with Crippen LogP contribution in [0.5, 0.6) is 5.75 Å². The number of carboxylic acid groups (broad SMARTS) is 1. The van der Waals surface area contributed by atoms with Gasteiger partial charge in [-0.2, -0.15) is 5.10 Å². The average molecular weight is 311 g/mol. The highest BCUT2D eigenvalue weighted by atomic mass is 35.5. The maximum atomic E-state index is 10.4. The summed E-state index contributed by atoms with van der Waals surface area (Å²) < 4.78 is 7.22. The van der Waals surface area contributed by atoms with Gasteiger partial charge >= 0.3 is 6.09 Å². The van der Waals surface area contributed by atoms with Crippen molar-refractivity contribution >= 4 is 23.4 Å². The monoisotopic (exact) mass is 310 g/mol. The van der Waals surface area contributed by atoms with Crippen molar-refractivity contribution in [2.24, 2.45) is 7.05 Å². The van der Waals surface area contributed by atoms with Crippen LogP contribution in [0.4, 0.5) is 10.5 Å². The van der Waals surface area contributed by atoms with Crippen LogP contribution >= 0.6 is 11.6 Å². The molecular formula is C13H15ClN4O3. The van der Waals surface area contributed by atoms with E-state index in [1.807, 2.05) is 0 Å². The van der Waals surface area contributed by atoms with Crippen molar-refractivity contribution in [3.05, 3.63) is 29.4 Å². The number of nitrogens with one attached hydrogen (secondary N) is 1. The van der Waals surface area contributed by atoms with E-state index < -0.39 is 6.09 Å². The van der Waals surface area contributed by atoms with Crippen molar-refractivity contribution in [3.8, 4) is 17.0 Å². The van der Waals surface area contributed by atoms with Gasteiger partial charge in [-0.25, -0.2) is 4.79 Å². The van der Waals surface area contributed by atoms with Crippen LogP contribution in [0.15, 0.2) is 24.4 Å². The maximum Gasteiger partial charge on any atom is 0.404 e. The number of aryl methyl sites for hydroxylation is 1. The molecule has 0 unspecified atom stereocenters. The van der Waals surface area contributed by atoms with Crippen molar-refractivity contribution in [3.63, 3.8) is 0 Å². The minimum absolute atomic E-state index is 0.179. The number of nitrogens with zero attached hydrogens (tertiary/aromatic N) is 2. The molecular weight excluding hydrogens is 296 g/mol. The summed E-state index contributed by atoms with van der Waals surface area (Å²) in [5.74, 6) is 0.557. The fourth-order valence-corrected chi connectivity index (χ4v) is 2.16. The van der Waals surface area contributed by atoms with E-state index in [0.717, 1.165) is 0 Å². The van der Waals surface area contributed by atoms with E-state index in [2.05, 4.69) is 10.4 Å². The molecule has 0 atom stereocenters.